The second-order valence-corrected chi connectivity index (χ2v) is 3.78. The van der Waals surface area contributed by atoms with Gasteiger partial charge in [0.05, 0.1) is 6.10 Å². The van der Waals surface area contributed by atoms with Crippen molar-refractivity contribution in [2.24, 2.45) is 0 Å². The van der Waals surface area contributed by atoms with Crippen molar-refractivity contribution in [3.8, 4) is 0 Å². The van der Waals surface area contributed by atoms with Gasteiger partial charge in [0.1, 0.15) is 6.61 Å². The monoisotopic (exact) mass is 202 g/mol. The van der Waals surface area contributed by atoms with Gasteiger partial charge in [-0.25, -0.2) is 0 Å². The van der Waals surface area contributed by atoms with Crippen LogP contribution >= 0.6 is 0 Å². The normalized spacial score (nSPS) is 13.0. The first-order valence-corrected chi connectivity index (χ1v) is 5.00. The zero-order valence-corrected chi connectivity index (χ0v) is 9.83. The van der Waals surface area contributed by atoms with Crippen LogP contribution in [0.25, 0.3) is 0 Å². The summed E-state index contributed by atoms with van der Waals surface area (Å²) in [5.41, 5.74) is 0. The van der Waals surface area contributed by atoms with Crippen molar-refractivity contribution < 1.29 is 9.53 Å². The van der Waals surface area contributed by atoms with Gasteiger partial charge in [-0.15, -0.1) is 0 Å². The van der Waals surface area contributed by atoms with Crippen LogP contribution < -0.4 is 5.32 Å². The third-order valence-corrected chi connectivity index (χ3v) is 2.15. The van der Waals surface area contributed by atoms with E-state index in [2.05, 4.69) is 5.32 Å². The molecule has 4 nitrogen and oxygen atoms in total. The summed E-state index contributed by atoms with van der Waals surface area (Å²) < 4.78 is 5.36. The van der Waals surface area contributed by atoms with Crippen molar-refractivity contribution in [3.63, 3.8) is 0 Å². The quantitative estimate of drug-likeness (QED) is 0.681. The number of carbonyl (C=O) groups excluding carboxylic acids is 1. The number of ether oxygens (including phenoxy) is 1. The molecule has 1 atom stereocenters. The molecule has 0 radical (unpaired) electrons. The van der Waals surface area contributed by atoms with Crippen LogP contribution in [0.3, 0.4) is 0 Å². The molecule has 0 aliphatic heterocycles. The molecule has 0 aliphatic carbocycles. The first-order chi connectivity index (χ1) is 6.49. The minimum Gasteiger partial charge on any atom is -0.367 e. The van der Waals surface area contributed by atoms with Crippen molar-refractivity contribution in [3.05, 3.63) is 0 Å². The summed E-state index contributed by atoms with van der Waals surface area (Å²) in [5.74, 6) is 0.0305. The number of nitrogens with one attached hydrogen (secondary N) is 1. The van der Waals surface area contributed by atoms with E-state index in [1.807, 2.05) is 27.8 Å². The molecule has 0 aromatic heterocycles. The number of hydrogen-bond donors (Lipinski definition) is 1. The van der Waals surface area contributed by atoms with Crippen molar-refractivity contribution in [2.75, 3.05) is 27.2 Å². The standard InChI is InChI=1S/C10H22N2O2/c1-8(2)12(5)10(13)7-14-9(3)6-11-4/h8-9,11H,6-7H2,1-5H3. The number of carbonyl (C=O) groups is 1. The molecule has 0 aromatic carbocycles. The van der Waals surface area contributed by atoms with Gasteiger partial charge in [-0.1, -0.05) is 0 Å². The second kappa shape index (κ2) is 6.79. The lowest BCUT2D eigenvalue weighted by atomic mass is 10.3. The van der Waals surface area contributed by atoms with Crippen LogP contribution in [-0.2, 0) is 9.53 Å². The zero-order valence-electron chi connectivity index (χ0n) is 9.83. The summed E-state index contributed by atoms with van der Waals surface area (Å²) in [7, 11) is 3.65. The lowest BCUT2D eigenvalue weighted by molar-refractivity contribution is -0.137. The Morgan fingerprint density at radius 3 is 2.43 bits per heavy atom. The van der Waals surface area contributed by atoms with E-state index in [-0.39, 0.29) is 24.7 Å². The molecule has 1 N–H and O–H groups in total. The van der Waals surface area contributed by atoms with Crippen LogP contribution in [0, 0.1) is 0 Å². The fourth-order valence-corrected chi connectivity index (χ4v) is 0.950. The number of nitrogens with zero attached hydrogens (tertiary/aromatic N) is 1. The molecule has 4 heteroatoms. The van der Waals surface area contributed by atoms with E-state index < -0.39 is 0 Å². The maximum Gasteiger partial charge on any atom is 0.248 e. The smallest absolute Gasteiger partial charge is 0.248 e. The predicted molar refractivity (Wildman–Crippen MR) is 57.2 cm³/mol. The Morgan fingerprint density at radius 1 is 1.43 bits per heavy atom. The lowest BCUT2D eigenvalue weighted by Gasteiger charge is -2.22. The molecule has 0 spiro atoms. The van der Waals surface area contributed by atoms with Gasteiger partial charge in [-0.05, 0) is 27.8 Å². The Morgan fingerprint density at radius 2 is 2.00 bits per heavy atom. The van der Waals surface area contributed by atoms with Gasteiger partial charge < -0.3 is 15.0 Å². The van der Waals surface area contributed by atoms with E-state index in [1.165, 1.54) is 0 Å². The lowest BCUT2D eigenvalue weighted by Crippen LogP contribution is -2.37. The predicted octanol–water partition coefficient (Wildman–Crippen LogP) is 0.478. The van der Waals surface area contributed by atoms with E-state index in [0.717, 1.165) is 6.54 Å². The molecule has 0 aliphatic rings. The summed E-state index contributed by atoms with van der Waals surface area (Å²) in [5, 5.41) is 2.99. The maximum atomic E-state index is 11.5. The average molecular weight is 202 g/mol. The minimum atomic E-state index is 0.0305. The van der Waals surface area contributed by atoms with Crippen molar-refractivity contribution in [2.45, 2.75) is 32.9 Å². The highest BCUT2D eigenvalue weighted by Crippen LogP contribution is 1.96. The van der Waals surface area contributed by atoms with Crippen LogP contribution in [-0.4, -0.2) is 50.2 Å². The summed E-state index contributed by atoms with van der Waals surface area (Å²) in [4.78, 5) is 13.2. The van der Waals surface area contributed by atoms with Gasteiger partial charge in [0, 0.05) is 19.6 Å². The zero-order chi connectivity index (χ0) is 11.1. The van der Waals surface area contributed by atoms with Crippen molar-refractivity contribution in [1.82, 2.24) is 10.2 Å². The number of amides is 1. The van der Waals surface area contributed by atoms with Crippen LogP contribution in [0.15, 0.2) is 0 Å². The molecule has 0 saturated carbocycles. The third kappa shape index (κ3) is 5.19. The Hall–Kier alpha value is -0.610. The number of likely N-dealkylation sites (N-methyl/N-ethyl adjacent to an activating group) is 2. The fraction of sp³-hybridized carbons (Fsp3) is 0.900. The van der Waals surface area contributed by atoms with Gasteiger partial charge in [0.2, 0.25) is 5.91 Å². The van der Waals surface area contributed by atoms with Gasteiger partial charge in [0.25, 0.3) is 0 Å². The maximum absolute atomic E-state index is 11.5. The molecule has 14 heavy (non-hydrogen) atoms. The molecule has 0 rings (SSSR count). The first-order valence-electron chi connectivity index (χ1n) is 5.00. The van der Waals surface area contributed by atoms with Crippen molar-refractivity contribution >= 4 is 5.91 Å². The van der Waals surface area contributed by atoms with Crippen LogP contribution in [0.5, 0.6) is 0 Å². The fourth-order valence-electron chi connectivity index (χ4n) is 0.950. The molecular formula is C10H22N2O2. The van der Waals surface area contributed by atoms with E-state index in [0.29, 0.717) is 0 Å². The Kier molecular flexibility index (Phi) is 6.49. The molecule has 1 unspecified atom stereocenters. The van der Waals surface area contributed by atoms with Gasteiger partial charge in [-0.2, -0.15) is 0 Å². The highest BCUT2D eigenvalue weighted by molar-refractivity contribution is 5.77. The van der Waals surface area contributed by atoms with Crippen LogP contribution in [0.1, 0.15) is 20.8 Å². The van der Waals surface area contributed by atoms with E-state index >= 15 is 0 Å². The SMILES string of the molecule is CNCC(C)OCC(=O)N(C)C(C)C. The molecule has 0 bridgehead atoms. The molecule has 1 amide bonds. The summed E-state index contributed by atoms with van der Waals surface area (Å²) in [6.45, 7) is 6.83. The summed E-state index contributed by atoms with van der Waals surface area (Å²) in [6.07, 6.45) is 0.0736. The Balaban J connectivity index is 3.73. The Labute approximate surface area is 86.6 Å². The molecular weight excluding hydrogens is 180 g/mol. The third-order valence-electron chi connectivity index (χ3n) is 2.15. The summed E-state index contributed by atoms with van der Waals surface area (Å²) >= 11 is 0. The van der Waals surface area contributed by atoms with Gasteiger partial charge in [0.15, 0.2) is 0 Å². The number of hydrogen-bond acceptors (Lipinski definition) is 3. The van der Waals surface area contributed by atoms with Crippen LogP contribution in [0.2, 0.25) is 0 Å². The molecule has 0 saturated heterocycles. The van der Waals surface area contributed by atoms with Gasteiger partial charge in [-0.3, -0.25) is 4.79 Å². The molecule has 84 valence electrons. The van der Waals surface area contributed by atoms with E-state index in [1.54, 1.807) is 11.9 Å². The highest BCUT2D eigenvalue weighted by Gasteiger charge is 2.12. The van der Waals surface area contributed by atoms with E-state index in [4.69, 9.17) is 4.74 Å². The Bertz CT molecular complexity index is 172. The topological polar surface area (TPSA) is 41.6 Å². The molecule has 0 fully saturated rings. The number of rotatable bonds is 6. The highest BCUT2D eigenvalue weighted by atomic mass is 16.5. The second-order valence-electron chi connectivity index (χ2n) is 3.78. The molecule has 0 aromatic rings. The minimum absolute atomic E-state index is 0.0305. The van der Waals surface area contributed by atoms with Gasteiger partial charge >= 0.3 is 0 Å². The van der Waals surface area contributed by atoms with Crippen molar-refractivity contribution in [1.29, 1.82) is 0 Å². The first kappa shape index (κ1) is 13.4. The largest absolute Gasteiger partial charge is 0.367 e. The van der Waals surface area contributed by atoms with E-state index in [9.17, 15) is 4.79 Å². The molecule has 0 heterocycles. The van der Waals surface area contributed by atoms with Crippen LogP contribution in [0.4, 0.5) is 0 Å². The summed E-state index contributed by atoms with van der Waals surface area (Å²) in [6, 6.07) is 0.228. The average Bonchev–Trinajstić information content (AvgIpc) is 2.13.